The Morgan fingerprint density at radius 3 is 2.50 bits per heavy atom. The molecule has 0 saturated carbocycles. The number of likely N-dealkylation sites (N-methyl/N-ethyl adjacent to an activating group) is 1. The fourth-order valence-electron chi connectivity index (χ4n) is 2.03. The molecule has 0 aromatic heterocycles. The van der Waals surface area contributed by atoms with Crippen molar-refractivity contribution in [2.45, 2.75) is 26.7 Å². The van der Waals surface area contributed by atoms with E-state index in [4.69, 9.17) is 4.74 Å². The van der Waals surface area contributed by atoms with Crippen LogP contribution in [0.5, 0.6) is 5.75 Å². The Hall–Kier alpha value is -1.02. The first kappa shape index (κ1) is 13.0. The SMILES string of the molecule is CNCC(c1ccc(C)c(OC)c1)C(C)C. The standard InChI is InChI=1S/C14H23NO/c1-10(2)13(9-15-4)12-7-6-11(3)14(8-12)16-5/h6-8,10,13,15H,9H2,1-5H3. The molecule has 0 aliphatic carbocycles. The van der Waals surface area contributed by atoms with Gasteiger partial charge in [-0.3, -0.25) is 0 Å². The summed E-state index contributed by atoms with van der Waals surface area (Å²) in [6.07, 6.45) is 0. The summed E-state index contributed by atoms with van der Waals surface area (Å²) >= 11 is 0. The van der Waals surface area contributed by atoms with E-state index in [1.165, 1.54) is 11.1 Å². The van der Waals surface area contributed by atoms with Gasteiger partial charge in [-0.25, -0.2) is 0 Å². The lowest BCUT2D eigenvalue weighted by atomic mass is 9.88. The Kier molecular flexibility index (Phi) is 4.81. The summed E-state index contributed by atoms with van der Waals surface area (Å²) in [5.74, 6) is 2.15. The van der Waals surface area contributed by atoms with Gasteiger partial charge in [0.2, 0.25) is 0 Å². The Balaban J connectivity index is 3.00. The minimum atomic E-state index is 0.541. The predicted molar refractivity (Wildman–Crippen MR) is 69.2 cm³/mol. The largest absolute Gasteiger partial charge is 0.496 e. The molecule has 0 radical (unpaired) electrons. The number of rotatable bonds is 5. The van der Waals surface area contributed by atoms with Crippen LogP contribution >= 0.6 is 0 Å². The Morgan fingerprint density at radius 1 is 1.31 bits per heavy atom. The van der Waals surface area contributed by atoms with Crippen LogP contribution < -0.4 is 10.1 Å². The van der Waals surface area contributed by atoms with Crippen molar-refractivity contribution in [3.8, 4) is 5.75 Å². The zero-order valence-corrected chi connectivity index (χ0v) is 11.0. The number of hydrogen-bond acceptors (Lipinski definition) is 2. The molecule has 0 aliphatic rings. The van der Waals surface area contributed by atoms with Crippen LogP contribution in [0.3, 0.4) is 0 Å². The Bertz CT molecular complexity index is 334. The molecule has 0 fully saturated rings. The normalized spacial score (nSPS) is 12.9. The molecule has 1 aromatic carbocycles. The summed E-state index contributed by atoms with van der Waals surface area (Å²) in [5, 5.41) is 3.26. The molecule has 0 bridgehead atoms. The number of nitrogens with one attached hydrogen (secondary N) is 1. The van der Waals surface area contributed by atoms with Crippen molar-refractivity contribution in [1.29, 1.82) is 0 Å². The van der Waals surface area contributed by atoms with Gasteiger partial charge in [0, 0.05) is 6.54 Å². The molecular formula is C14H23NO. The van der Waals surface area contributed by atoms with Crippen molar-refractivity contribution in [3.05, 3.63) is 29.3 Å². The van der Waals surface area contributed by atoms with E-state index >= 15 is 0 Å². The second kappa shape index (κ2) is 5.90. The van der Waals surface area contributed by atoms with Gasteiger partial charge in [0.25, 0.3) is 0 Å². The van der Waals surface area contributed by atoms with Crippen molar-refractivity contribution in [1.82, 2.24) is 5.32 Å². The molecule has 1 unspecified atom stereocenters. The highest BCUT2D eigenvalue weighted by molar-refractivity contribution is 5.38. The van der Waals surface area contributed by atoms with E-state index in [2.05, 4.69) is 44.3 Å². The summed E-state index contributed by atoms with van der Waals surface area (Å²) in [6, 6.07) is 6.51. The van der Waals surface area contributed by atoms with Crippen LogP contribution in [0, 0.1) is 12.8 Å². The van der Waals surface area contributed by atoms with Crippen LogP contribution in [-0.2, 0) is 0 Å². The van der Waals surface area contributed by atoms with E-state index in [9.17, 15) is 0 Å². The van der Waals surface area contributed by atoms with Crippen LogP contribution in [0.25, 0.3) is 0 Å². The van der Waals surface area contributed by atoms with Crippen LogP contribution in [-0.4, -0.2) is 20.7 Å². The van der Waals surface area contributed by atoms with Gasteiger partial charge in [-0.1, -0.05) is 26.0 Å². The van der Waals surface area contributed by atoms with Gasteiger partial charge in [-0.05, 0) is 43.0 Å². The van der Waals surface area contributed by atoms with Crippen LogP contribution in [0.1, 0.15) is 30.9 Å². The maximum absolute atomic E-state index is 5.37. The zero-order chi connectivity index (χ0) is 12.1. The maximum atomic E-state index is 5.37. The van der Waals surface area contributed by atoms with Crippen molar-refractivity contribution < 1.29 is 4.74 Å². The Labute approximate surface area is 99.0 Å². The summed E-state index contributed by atoms with van der Waals surface area (Å²) in [5.41, 5.74) is 2.55. The second-order valence-electron chi connectivity index (χ2n) is 4.64. The molecule has 0 heterocycles. The molecule has 1 rings (SSSR count). The van der Waals surface area contributed by atoms with Gasteiger partial charge in [0.1, 0.15) is 5.75 Å². The molecule has 0 saturated heterocycles. The number of methoxy groups -OCH3 is 1. The van der Waals surface area contributed by atoms with Crippen LogP contribution in [0.15, 0.2) is 18.2 Å². The van der Waals surface area contributed by atoms with E-state index in [-0.39, 0.29) is 0 Å². The van der Waals surface area contributed by atoms with Gasteiger partial charge in [0.05, 0.1) is 7.11 Å². The van der Waals surface area contributed by atoms with E-state index in [1.54, 1.807) is 7.11 Å². The van der Waals surface area contributed by atoms with E-state index < -0.39 is 0 Å². The third-order valence-electron chi connectivity index (χ3n) is 3.09. The number of benzene rings is 1. The summed E-state index contributed by atoms with van der Waals surface area (Å²) in [6.45, 7) is 7.59. The molecule has 2 heteroatoms. The average Bonchev–Trinajstić information content (AvgIpc) is 2.26. The van der Waals surface area contributed by atoms with Crippen LogP contribution in [0.2, 0.25) is 0 Å². The second-order valence-corrected chi connectivity index (χ2v) is 4.64. The van der Waals surface area contributed by atoms with E-state index in [0.29, 0.717) is 11.8 Å². The summed E-state index contributed by atoms with van der Waals surface area (Å²) in [7, 11) is 3.73. The number of ether oxygens (including phenoxy) is 1. The molecular weight excluding hydrogens is 198 g/mol. The minimum Gasteiger partial charge on any atom is -0.496 e. The highest BCUT2D eigenvalue weighted by atomic mass is 16.5. The van der Waals surface area contributed by atoms with Gasteiger partial charge < -0.3 is 10.1 Å². The summed E-state index contributed by atoms with van der Waals surface area (Å²) in [4.78, 5) is 0. The predicted octanol–water partition coefficient (Wildman–Crippen LogP) is 2.96. The maximum Gasteiger partial charge on any atom is 0.122 e. The van der Waals surface area contributed by atoms with Gasteiger partial charge in [-0.15, -0.1) is 0 Å². The molecule has 1 atom stereocenters. The number of aryl methyl sites for hydroxylation is 1. The molecule has 0 amide bonds. The molecule has 16 heavy (non-hydrogen) atoms. The van der Waals surface area contributed by atoms with Crippen molar-refractivity contribution in [3.63, 3.8) is 0 Å². The lowest BCUT2D eigenvalue weighted by Gasteiger charge is -2.22. The topological polar surface area (TPSA) is 21.3 Å². The van der Waals surface area contributed by atoms with Crippen LogP contribution in [0.4, 0.5) is 0 Å². The molecule has 0 spiro atoms. The first-order chi connectivity index (χ1) is 7.60. The highest BCUT2D eigenvalue weighted by Crippen LogP contribution is 2.28. The lowest BCUT2D eigenvalue weighted by molar-refractivity contribution is 0.408. The molecule has 0 aliphatic heterocycles. The fraction of sp³-hybridized carbons (Fsp3) is 0.571. The van der Waals surface area contributed by atoms with Gasteiger partial charge in [0.15, 0.2) is 0 Å². The van der Waals surface area contributed by atoms with Crippen molar-refractivity contribution >= 4 is 0 Å². The molecule has 1 aromatic rings. The smallest absolute Gasteiger partial charge is 0.122 e. The van der Waals surface area contributed by atoms with E-state index in [1.807, 2.05) is 7.05 Å². The quantitative estimate of drug-likeness (QED) is 0.825. The first-order valence-electron chi connectivity index (χ1n) is 5.89. The Morgan fingerprint density at radius 2 is 2.00 bits per heavy atom. The molecule has 1 N–H and O–H groups in total. The van der Waals surface area contributed by atoms with Crippen molar-refractivity contribution in [2.75, 3.05) is 20.7 Å². The monoisotopic (exact) mass is 221 g/mol. The zero-order valence-electron chi connectivity index (χ0n) is 11.0. The van der Waals surface area contributed by atoms with E-state index in [0.717, 1.165) is 12.3 Å². The third-order valence-corrected chi connectivity index (χ3v) is 3.09. The van der Waals surface area contributed by atoms with Gasteiger partial charge in [-0.2, -0.15) is 0 Å². The lowest BCUT2D eigenvalue weighted by Crippen LogP contribution is -2.21. The molecule has 90 valence electrons. The average molecular weight is 221 g/mol. The van der Waals surface area contributed by atoms with Crippen molar-refractivity contribution in [2.24, 2.45) is 5.92 Å². The minimum absolute atomic E-state index is 0.541. The highest BCUT2D eigenvalue weighted by Gasteiger charge is 2.15. The first-order valence-corrected chi connectivity index (χ1v) is 5.89. The molecule has 2 nitrogen and oxygen atoms in total. The summed E-state index contributed by atoms with van der Waals surface area (Å²) < 4.78 is 5.37. The van der Waals surface area contributed by atoms with Gasteiger partial charge >= 0.3 is 0 Å². The fourth-order valence-corrected chi connectivity index (χ4v) is 2.03. The number of hydrogen-bond donors (Lipinski definition) is 1. The third kappa shape index (κ3) is 2.99.